The summed E-state index contributed by atoms with van der Waals surface area (Å²) in [6, 6.07) is 22.3. The van der Waals surface area contributed by atoms with Crippen LogP contribution in [0.3, 0.4) is 0 Å². The van der Waals surface area contributed by atoms with Gasteiger partial charge in [-0.2, -0.15) is 0 Å². The minimum absolute atomic E-state index is 0.146. The first kappa shape index (κ1) is 18.4. The van der Waals surface area contributed by atoms with E-state index in [2.05, 4.69) is 15.2 Å². The van der Waals surface area contributed by atoms with Gasteiger partial charge in [0.2, 0.25) is 5.88 Å². The molecule has 1 aromatic heterocycles. The minimum Gasteiger partial charge on any atom is -0.496 e. The van der Waals surface area contributed by atoms with Crippen molar-refractivity contribution >= 4 is 22.5 Å². The molecule has 0 aliphatic carbocycles. The SMILES string of the molecule is COc1ccc2c(N=NC(=O)c3ccccc3)c(O)[nH]c2c1Cc1ccccc1. The van der Waals surface area contributed by atoms with Crippen molar-refractivity contribution in [2.45, 2.75) is 6.42 Å². The van der Waals surface area contributed by atoms with E-state index in [1.54, 1.807) is 37.4 Å². The molecule has 0 atom stereocenters. The summed E-state index contributed by atoms with van der Waals surface area (Å²) in [5, 5.41) is 18.9. The van der Waals surface area contributed by atoms with Crippen molar-refractivity contribution in [3.05, 3.63) is 89.5 Å². The van der Waals surface area contributed by atoms with Crippen LogP contribution in [0.25, 0.3) is 10.9 Å². The quantitative estimate of drug-likeness (QED) is 0.451. The molecular formula is C23H19N3O3. The maximum atomic E-state index is 12.2. The molecule has 2 N–H and O–H groups in total. The normalized spacial score (nSPS) is 11.2. The molecule has 1 heterocycles. The number of nitrogens with one attached hydrogen (secondary N) is 1. The molecule has 6 nitrogen and oxygen atoms in total. The molecule has 0 aliphatic heterocycles. The summed E-state index contributed by atoms with van der Waals surface area (Å²) in [4.78, 5) is 15.2. The fraction of sp³-hybridized carbons (Fsp3) is 0.0870. The Hall–Kier alpha value is -3.93. The zero-order valence-electron chi connectivity index (χ0n) is 15.8. The van der Waals surface area contributed by atoms with Gasteiger partial charge in [-0.15, -0.1) is 10.2 Å². The zero-order valence-corrected chi connectivity index (χ0v) is 15.8. The summed E-state index contributed by atoms with van der Waals surface area (Å²) >= 11 is 0. The van der Waals surface area contributed by atoms with Crippen LogP contribution < -0.4 is 4.74 Å². The van der Waals surface area contributed by atoms with Crippen LogP contribution in [0.2, 0.25) is 0 Å². The van der Waals surface area contributed by atoms with Gasteiger partial charge in [-0.3, -0.25) is 4.79 Å². The number of fused-ring (bicyclic) bond motifs is 1. The molecule has 0 fully saturated rings. The number of carbonyl (C=O) groups is 1. The van der Waals surface area contributed by atoms with E-state index in [0.717, 1.165) is 11.1 Å². The summed E-state index contributed by atoms with van der Waals surface area (Å²) < 4.78 is 5.52. The topological polar surface area (TPSA) is 87.0 Å². The predicted molar refractivity (Wildman–Crippen MR) is 111 cm³/mol. The van der Waals surface area contributed by atoms with Crippen molar-refractivity contribution in [2.75, 3.05) is 7.11 Å². The minimum atomic E-state index is -0.475. The van der Waals surface area contributed by atoms with Gasteiger partial charge in [-0.05, 0) is 29.8 Å². The number of aromatic nitrogens is 1. The number of aromatic hydroxyl groups is 1. The standard InChI is InChI=1S/C23H19N3O3/c1-29-19-13-12-17-20(18(19)14-15-8-4-2-5-9-15)24-23(28)21(17)25-26-22(27)16-10-6-3-7-11-16/h2-13,24,28H,14H2,1H3. The van der Waals surface area contributed by atoms with Crippen molar-refractivity contribution in [1.82, 2.24) is 4.98 Å². The van der Waals surface area contributed by atoms with Crippen LogP contribution in [-0.4, -0.2) is 23.1 Å². The summed E-state index contributed by atoms with van der Waals surface area (Å²) in [5.74, 6) is 0.0796. The lowest BCUT2D eigenvalue weighted by molar-refractivity contribution is 0.0995. The lowest BCUT2D eigenvalue weighted by Crippen LogP contribution is -1.95. The fourth-order valence-electron chi connectivity index (χ4n) is 3.28. The Labute approximate surface area is 167 Å². The van der Waals surface area contributed by atoms with E-state index in [4.69, 9.17) is 4.74 Å². The lowest BCUT2D eigenvalue weighted by Gasteiger charge is -2.10. The molecule has 0 spiro atoms. The van der Waals surface area contributed by atoms with Gasteiger partial charge in [0, 0.05) is 22.9 Å². The highest BCUT2D eigenvalue weighted by Crippen LogP contribution is 2.40. The van der Waals surface area contributed by atoms with Crippen LogP contribution in [0.1, 0.15) is 21.5 Å². The smallest absolute Gasteiger partial charge is 0.295 e. The third-order valence-corrected chi connectivity index (χ3v) is 4.70. The molecule has 3 aromatic carbocycles. The second-order valence-corrected chi connectivity index (χ2v) is 6.52. The Morgan fingerprint density at radius 3 is 2.38 bits per heavy atom. The largest absolute Gasteiger partial charge is 0.496 e. The van der Waals surface area contributed by atoms with Gasteiger partial charge in [0.1, 0.15) is 5.75 Å². The molecule has 29 heavy (non-hydrogen) atoms. The molecule has 4 rings (SSSR count). The average Bonchev–Trinajstić information content (AvgIpc) is 3.09. The number of aromatic amines is 1. The number of rotatable bonds is 5. The summed E-state index contributed by atoms with van der Waals surface area (Å²) in [5.41, 5.74) is 3.35. The van der Waals surface area contributed by atoms with Gasteiger partial charge in [0.25, 0.3) is 5.91 Å². The Kier molecular flexibility index (Phi) is 5.07. The lowest BCUT2D eigenvalue weighted by atomic mass is 10.0. The van der Waals surface area contributed by atoms with E-state index in [-0.39, 0.29) is 11.6 Å². The summed E-state index contributed by atoms with van der Waals surface area (Å²) in [7, 11) is 1.61. The van der Waals surface area contributed by atoms with Gasteiger partial charge < -0.3 is 14.8 Å². The number of ether oxygens (including phenoxy) is 1. The van der Waals surface area contributed by atoms with Crippen molar-refractivity contribution in [1.29, 1.82) is 0 Å². The molecule has 0 saturated carbocycles. The first-order valence-electron chi connectivity index (χ1n) is 9.13. The molecule has 0 bridgehead atoms. The molecule has 0 aliphatic rings. The summed E-state index contributed by atoms with van der Waals surface area (Å²) in [6.07, 6.45) is 0.612. The van der Waals surface area contributed by atoms with Crippen LogP contribution in [-0.2, 0) is 6.42 Å². The van der Waals surface area contributed by atoms with E-state index in [0.29, 0.717) is 28.6 Å². The number of hydrogen-bond donors (Lipinski definition) is 2. The van der Waals surface area contributed by atoms with Crippen molar-refractivity contribution < 1.29 is 14.6 Å². The first-order valence-corrected chi connectivity index (χ1v) is 9.13. The predicted octanol–water partition coefficient (Wildman–Crippen LogP) is 5.40. The molecule has 0 radical (unpaired) electrons. The number of hydrogen-bond acceptors (Lipinski definition) is 4. The van der Waals surface area contributed by atoms with Gasteiger partial charge in [-0.25, -0.2) is 0 Å². The third kappa shape index (κ3) is 3.73. The van der Waals surface area contributed by atoms with Gasteiger partial charge in [0.05, 0.1) is 12.6 Å². The molecule has 0 unspecified atom stereocenters. The molecule has 6 heteroatoms. The molecule has 4 aromatic rings. The highest BCUT2D eigenvalue weighted by Gasteiger charge is 2.17. The number of nitrogens with zero attached hydrogens (tertiary/aromatic N) is 2. The van der Waals surface area contributed by atoms with Crippen LogP contribution in [0, 0.1) is 0 Å². The van der Waals surface area contributed by atoms with E-state index in [1.165, 1.54) is 0 Å². The van der Waals surface area contributed by atoms with E-state index in [1.807, 2.05) is 42.5 Å². The Bertz CT molecular complexity index is 1180. The Morgan fingerprint density at radius 1 is 1.00 bits per heavy atom. The highest BCUT2D eigenvalue weighted by atomic mass is 16.5. The van der Waals surface area contributed by atoms with Crippen molar-refractivity contribution in [2.24, 2.45) is 10.2 Å². The van der Waals surface area contributed by atoms with Crippen LogP contribution in [0.4, 0.5) is 5.69 Å². The van der Waals surface area contributed by atoms with E-state index < -0.39 is 5.91 Å². The van der Waals surface area contributed by atoms with Crippen molar-refractivity contribution in [3.8, 4) is 11.6 Å². The average molecular weight is 385 g/mol. The molecule has 0 saturated heterocycles. The van der Waals surface area contributed by atoms with Gasteiger partial charge in [0.15, 0.2) is 5.69 Å². The molecule has 144 valence electrons. The maximum Gasteiger partial charge on any atom is 0.295 e. The second-order valence-electron chi connectivity index (χ2n) is 6.52. The van der Waals surface area contributed by atoms with E-state index in [9.17, 15) is 9.90 Å². The number of azo groups is 1. The third-order valence-electron chi connectivity index (χ3n) is 4.70. The fourth-order valence-corrected chi connectivity index (χ4v) is 3.28. The number of H-pyrrole nitrogens is 1. The van der Waals surface area contributed by atoms with Crippen molar-refractivity contribution in [3.63, 3.8) is 0 Å². The maximum absolute atomic E-state index is 12.2. The monoisotopic (exact) mass is 385 g/mol. The summed E-state index contributed by atoms with van der Waals surface area (Å²) in [6.45, 7) is 0. The Balaban J connectivity index is 1.75. The number of methoxy groups -OCH3 is 1. The second kappa shape index (κ2) is 7.98. The molecule has 1 amide bonds. The number of benzene rings is 3. The Morgan fingerprint density at radius 2 is 1.69 bits per heavy atom. The van der Waals surface area contributed by atoms with Gasteiger partial charge in [-0.1, -0.05) is 48.5 Å². The van der Waals surface area contributed by atoms with Crippen LogP contribution in [0.5, 0.6) is 11.6 Å². The zero-order chi connectivity index (χ0) is 20.2. The highest BCUT2D eigenvalue weighted by molar-refractivity contribution is 5.98. The van der Waals surface area contributed by atoms with Crippen LogP contribution in [0.15, 0.2) is 83.0 Å². The first-order chi connectivity index (χ1) is 14.2. The van der Waals surface area contributed by atoms with Gasteiger partial charge >= 0.3 is 0 Å². The number of amides is 1. The number of carbonyl (C=O) groups excluding carboxylic acids is 1. The van der Waals surface area contributed by atoms with E-state index >= 15 is 0 Å². The van der Waals surface area contributed by atoms with Crippen LogP contribution >= 0.6 is 0 Å². The molecular weight excluding hydrogens is 366 g/mol.